The number of anilines is 1. The summed E-state index contributed by atoms with van der Waals surface area (Å²) in [5.74, 6) is 0.648. The summed E-state index contributed by atoms with van der Waals surface area (Å²) in [7, 11) is 2.18. The molecule has 0 bridgehead atoms. The largest absolute Gasteiger partial charge is 0.381 e. The molecule has 20 heavy (non-hydrogen) atoms. The molecule has 0 saturated carbocycles. The van der Waals surface area contributed by atoms with E-state index in [-0.39, 0.29) is 0 Å². The third-order valence-electron chi connectivity index (χ3n) is 4.14. The molecule has 1 aromatic carbocycles. The van der Waals surface area contributed by atoms with Gasteiger partial charge in [-0.1, -0.05) is 24.6 Å². The average Bonchev–Trinajstić information content (AvgIpc) is 2.98. The number of nitrogens with one attached hydrogen (secondary N) is 1. The maximum atomic E-state index is 5.56. The van der Waals surface area contributed by atoms with Crippen LogP contribution in [0.15, 0.2) is 24.3 Å². The first-order valence-corrected chi connectivity index (χ1v) is 7.79. The summed E-state index contributed by atoms with van der Waals surface area (Å²) in [5, 5.41) is 3.70. The van der Waals surface area contributed by atoms with Gasteiger partial charge in [0.1, 0.15) is 0 Å². The van der Waals surface area contributed by atoms with Gasteiger partial charge < -0.3 is 15.0 Å². The highest BCUT2D eigenvalue weighted by Crippen LogP contribution is 2.20. The topological polar surface area (TPSA) is 24.5 Å². The summed E-state index contributed by atoms with van der Waals surface area (Å²) in [5.41, 5.74) is 2.60. The summed E-state index contributed by atoms with van der Waals surface area (Å²) < 4.78 is 5.56. The van der Waals surface area contributed by atoms with E-state index in [1.54, 1.807) is 0 Å². The predicted molar refractivity (Wildman–Crippen MR) is 85.5 cm³/mol. The summed E-state index contributed by atoms with van der Waals surface area (Å²) in [4.78, 5) is 2.35. The van der Waals surface area contributed by atoms with E-state index < -0.39 is 0 Å². The molecule has 1 heterocycles. The zero-order chi connectivity index (χ0) is 14.4. The minimum Gasteiger partial charge on any atom is -0.381 e. The van der Waals surface area contributed by atoms with E-state index in [2.05, 4.69) is 55.4 Å². The van der Waals surface area contributed by atoms with Gasteiger partial charge in [-0.15, -0.1) is 0 Å². The van der Waals surface area contributed by atoms with E-state index in [9.17, 15) is 0 Å². The Hall–Kier alpha value is -1.06. The van der Waals surface area contributed by atoms with Gasteiger partial charge in [0.15, 0.2) is 0 Å². The summed E-state index contributed by atoms with van der Waals surface area (Å²) in [6.07, 6.45) is 2.36. The molecule has 1 aromatic rings. The van der Waals surface area contributed by atoms with Crippen molar-refractivity contribution in [1.29, 1.82) is 0 Å². The second kappa shape index (κ2) is 7.65. The fourth-order valence-electron chi connectivity index (χ4n) is 2.78. The Morgan fingerprint density at radius 1 is 1.35 bits per heavy atom. The molecule has 0 aliphatic carbocycles. The lowest BCUT2D eigenvalue weighted by Crippen LogP contribution is -2.45. The molecule has 1 saturated heterocycles. The number of nitrogens with zero attached hydrogens (tertiary/aromatic N) is 1. The van der Waals surface area contributed by atoms with E-state index in [1.165, 1.54) is 24.1 Å². The maximum Gasteiger partial charge on any atom is 0.0510 e. The minimum absolute atomic E-state index is 0.517. The highest BCUT2D eigenvalue weighted by atomic mass is 16.5. The molecular formula is C17H28N2O. The first-order valence-electron chi connectivity index (χ1n) is 7.79. The van der Waals surface area contributed by atoms with Crippen molar-refractivity contribution in [1.82, 2.24) is 5.32 Å². The van der Waals surface area contributed by atoms with Gasteiger partial charge in [0.2, 0.25) is 0 Å². The van der Waals surface area contributed by atoms with Crippen molar-refractivity contribution in [3.05, 3.63) is 29.8 Å². The van der Waals surface area contributed by atoms with E-state index in [0.29, 0.717) is 12.0 Å². The van der Waals surface area contributed by atoms with Crippen molar-refractivity contribution in [2.75, 3.05) is 38.3 Å². The van der Waals surface area contributed by atoms with Crippen LogP contribution in [-0.4, -0.2) is 39.4 Å². The normalized spacial score (nSPS) is 20.1. The fourth-order valence-corrected chi connectivity index (χ4v) is 2.78. The molecule has 2 rings (SSSR count). The number of rotatable bonds is 7. The van der Waals surface area contributed by atoms with Gasteiger partial charge in [0.05, 0.1) is 6.61 Å². The minimum atomic E-state index is 0.517. The van der Waals surface area contributed by atoms with E-state index in [4.69, 9.17) is 4.74 Å². The molecule has 2 atom stereocenters. The molecule has 0 radical (unpaired) electrons. The Morgan fingerprint density at radius 2 is 2.10 bits per heavy atom. The van der Waals surface area contributed by atoms with Gasteiger partial charge in [-0.05, 0) is 38.4 Å². The van der Waals surface area contributed by atoms with Crippen LogP contribution in [0.5, 0.6) is 0 Å². The summed E-state index contributed by atoms with van der Waals surface area (Å²) in [6, 6.07) is 9.29. The second-order valence-electron chi connectivity index (χ2n) is 5.90. The standard InChI is InChI=1S/C17H28N2O/c1-4-10-18-17(15-9-11-20-13-15)12-19(3)16-7-5-14(2)6-8-16/h5-8,15,17-18H,4,9-13H2,1-3H3. The number of likely N-dealkylation sites (N-methyl/N-ethyl adjacent to an activating group) is 1. The van der Waals surface area contributed by atoms with Crippen molar-refractivity contribution < 1.29 is 4.74 Å². The molecule has 2 unspecified atom stereocenters. The number of hydrogen-bond acceptors (Lipinski definition) is 3. The molecule has 0 aromatic heterocycles. The third-order valence-corrected chi connectivity index (χ3v) is 4.14. The van der Waals surface area contributed by atoms with Crippen molar-refractivity contribution in [3.8, 4) is 0 Å². The van der Waals surface area contributed by atoms with E-state index >= 15 is 0 Å². The van der Waals surface area contributed by atoms with Crippen LogP contribution in [-0.2, 0) is 4.74 Å². The first-order chi connectivity index (χ1) is 9.70. The van der Waals surface area contributed by atoms with Gasteiger partial charge in [-0.2, -0.15) is 0 Å². The fraction of sp³-hybridized carbons (Fsp3) is 0.647. The van der Waals surface area contributed by atoms with Crippen LogP contribution in [0.25, 0.3) is 0 Å². The van der Waals surface area contributed by atoms with Gasteiger partial charge in [-0.3, -0.25) is 0 Å². The van der Waals surface area contributed by atoms with Crippen LogP contribution in [0.2, 0.25) is 0 Å². The number of ether oxygens (including phenoxy) is 1. The molecule has 3 heteroatoms. The molecule has 3 nitrogen and oxygen atoms in total. The third kappa shape index (κ3) is 4.22. The highest BCUT2D eigenvalue weighted by molar-refractivity contribution is 5.46. The van der Waals surface area contributed by atoms with Gasteiger partial charge in [0.25, 0.3) is 0 Å². The number of benzene rings is 1. The lowest BCUT2D eigenvalue weighted by molar-refractivity contribution is 0.177. The van der Waals surface area contributed by atoms with Crippen LogP contribution in [0.3, 0.4) is 0 Å². The van der Waals surface area contributed by atoms with Gasteiger partial charge in [-0.25, -0.2) is 0 Å². The van der Waals surface area contributed by atoms with Crippen LogP contribution < -0.4 is 10.2 Å². The molecule has 1 N–H and O–H groups in total. The quantitative estimate of drug-likeness (QED) is 0.829. The lowest BCUT2D eigenvalue weighted by Gasteiger charge is -2.30. The van der Waals surface area contributed by atoms with Crippen molar-refractivity contribution in [3.63, 3.8) is 0 Å². The molecule has 1 aliphatic heterocycles. The molecule has 112 valence electrons. The van der Waals surface area contributed by atoms with Crippen molar-refractivity contribution in [2.45, 2.75) is 32.7 Å². The monoisotopic (exact) mass is 276 g/mol. The first kappa shape index (κ1) is 15.3. The SMILES string of the molecule is CCCNC(CN(C)c1ccc(C)cc1)C1CCOC1. The Morgan fingerprint density at radius 3 is 2.70 bits per heavy atom. The predicted octanol–water partition coefficient (Wildman–Crippen LogP) is 2.84. The Labute approximate surface area is 123 Å². The molecule has 1 fully saturated rings. The molecule has 0 amide bonds. The smallest absolute Gasteiger partial charge is 0.0510 e. The van der Waals surface area contributed by atoms with E-state index in [0.717, 1.165) is 26.3 Å². The zero-order valence-corrected chi connectivity index (χ0v) is 13.1. The summed E-state index contributed by atoms with van der Waals surface area (Å²) >= 11 is 0. The van der Waals surface area contributed by atoms with Crippen molar-refractivity contribution in [2.24, 2.45) is 5.92 Å². The zero-order valence-electron chi connectivity index (χ0n) is 13.1. The Bertz CT molecular complexity index is 384. The average molecular weight is 276 g/mol. The second-order valence-corrected chi connectivity index (χ2v) is 5.90. The van der Waals surface area contributed by atoms with Crippen LogP contribution in [0.1, 0.15) is 25.3 Å². The lowest BCUT2D eigenvalue weighted by atomic mass is 9.98. The number of aryl methyl sites for hydroxylation is 1. The van der Waals surface area contributed by atoms with Gasteiger partial charge >= 0.3 is 0 Å². The van der Waals surface area contributed by atoms with Crippen LogP contribution in [0, 0.1) is 12.8 Å². The molecular weight excluding hydrogens is 248 g/mol. The molecule has 1 aliphatic rings. The maximum absolute atomic E-state index is 5.56. The molecule has 0 spiro atoms. The summed E-state index contributed by atoms with van der Waals surface area (Å²) in [6.45, 7) is 8.30. The number of hydrogen-bond donors (Lipinski definition) is 1. The Kier molecular flexibility index (Phi) is 5.86. The van der Waals surface area contributed by atoms with Crippen molar-refractivity contribution >= 4 is 5.69 Å². The van der Waals surface area contributed by atoms with Crippen LogP contribution in [0.4, 0.5) is 5.69 Å². The van der Waals surface area contributed by atoms with Crippen LogP contribution >= 0.6 is 0 Å². The Balaban J connectivity index is 1.96. The van der Waals surface area contributed by atoms with E-state index in [1.807, 2.05) is 0 Å². The highest BCUT2D eigenvalue weighted by Gasteiger charge is 2.26. The van der Waals surface area contributed by atoms with Gasteiger partial charge in [0, 0.05) is 37.8 Å².